The zero-order valence-electron chi connectivity index (χ0n) is 10.6. The van der Waals surface area contributed by atoms with E-state index < -0.39 is 6.10 Å². The lowest BCUT2D eigenvalue weighted by molar-refractivity contribution is 0.176. The van der Waals surface area contributed by atoms with Crippen LogP contribution in [0.15, 0.2) is 42.7 Å². The smallest absolute Gasteiger partial charge is 0.122 e. The van der Waals surface area contributed by atoms with Crippen LogP contribution in [-0.2, 0) is 6.42 Å². The number of aryl methyl sites for hydroxylation is 1. The van der Waals surface area contributed by atoms with Crippen LogP contribution < -0.4 is 4.74 Å². The molecular weight excluding hydrogens is 226 g/mol. The van der Waals surface area contributed by atoms with E-state index in [4.69, 9.17) is 4.74 Å². The van der Waals surface area contributed by atoms with Crippen molar-refractivity contribution in [3.8, 4) is 5.75 Å². The standard InChI is InChI=1S/C15H17NO2/c1-11-7-13(10-16-9-11)14(17)8-12-5-3-4-6-15(12)18-2/h3-7,9-10,14,17H,8H2,1-2H3. The zero-order valence-corrected chi connectivity index (χ0v) is 10.6. The fraction of sp³-hybridized carbons (Fsp3) is 0.267. The van der Waals surface area contributed by atoms with Crippen molar-refractivity contribution in [2.24, 2.45) is 0 Å². The molecule has 2 aromatic rings. The molecule has 1 atom stereocenters. The lowest BCUT2D eigenvalue weighted by atomic mass is 10.0. The molecule has 0 amide bonds. The molecule has 0 spiro atoms. The van der Waals surface area contributed by atoms with Crippen LogP contribution in [0.3, 0.4) is 0 Å². The van der Waals surface area contributed by atoms with E-state index in [-0.39, 0.29) is 0 Å². The van der Waals surface area contributed by atoms with Gasteiger partial charge in [0.25, 0.3) is 0 Å². The molecule has 0 saturated heterocycles. The van der Waals surface area contributed by atoms with E-state index in [2.05, 4.69) is 4.98 Å². The van der Waals surface area contributed by atoms with Crippen molar-refractivity contribution in [2.75, 3.05) is 7.11 Å². The first kappa shape index (κ1) is 12.6. The summed E-state index contributed by atoms with van der Waals surface area (Å²) >= 11 is 0. The topological polar surface area (TPSA) is 42.4 Å². The van der Waals surface area contributed by atoms with E-state index in [9.17, 15) is 5.11 Å². The number of hydrogen-bond donors (Lipinski definition) is 1. The van der Waals surface area contributed by atoms with E-state index >= 15 is 0 Å². The van der Waals surface area contributed by atoms with Gasteiger partial charge in [0.15, 0.2) is 0 Å². The highest BCUT2D eigenvalue weighted by Crippen LogP contribution is 2.24. The van der Waals surface area contributed by atoms with Crippen LogP contribution in [0.1, 0.15) is 22.8 Å². The first-order chi connectivity index (χ1) is 8.70. The van der Waals surface area contributed by atoms with Crippen LogP contribution >= 0.6 is 0 Å². The van der Waals surface area contributed by atoms with Crippen LogP contribution in [0.4, 0.5) is 0 Å². The molecule has 0 radical (unpaired) electrons. The Morgan fingerprint density at radius 3 is 2.78 bits per heavy atom. The summed E-state index contributed by atoms with van der Waals surface area (Å²) in [6.07, 6.45) is 3.44. The summed E-state index contributed by atoms with van der Waals surface area (Å²) in [4.78, 5) is 4.10. The van der Waals surface area contributed by atoms with Crippen LogP contribution in [0.25, 0.3) is 0 Å². The summed E-state index contributed by atoms with van der Waals surface area (Å²) in [5.74, 6) is 0.803. The maximum absolute atomic E-state index is 10.2. The Balaban J connectivity index is 2.18. The first-order valence-corrected chi connectivity index (χ1v) is 5.92. The minimum Gasteiger partial charge on any atom is -0.496 e. The molecule has 0 fully saturated rings. The number of rotatable bonds is 4. The molecule has 3 nitrogen and oxygen atoms in total. The van der Waals surface area contributed by atoms with Gasteiger partial charge in [0.2, 0.25) is 0 Å². The minimum atomic E-state index is -0.561. The largest absolute Gasteiger partial charge is 0.496 e. The number of pyridine rings is 1. The van der Waals surface area contributed by atoms with Crippen LogP contribution in [-0.4, -0.2) is 17.2 Å². The van der Waals surface area contributed by atoms with Gasteiger partial charge in [-0.2, -0.15) is 0 Å². The van der Waals surface area contributed by atoms with Gasteiger partial charge in [-0.1, -0.05) is 24.3 Å². The lowest BCUT2D eigenvalue weighted by Crippen LogP contribution is -2.04. The Labute approximate surface area is 107 Å². The Hall–Kier alpha value is -1.87. The van der Waals surface area contributed by atoms with Crippen molar-refractivity contribution < 1.29 is 9.84 Å². The van der Waals surface area contributed by atoms with E-state index in [1.165, 1.54) is 0 Å². The van der Waals surface area contributed by atoms with Crippen molar-refractivity contribution in [2.45, 2.75) is 19.4 Å². The van der Waals surface area contributed by atoms with Gasteiger partial charge in [0.05, 0.1) is 13.2 Å². The number of aliphatic hydroxyl groups excluding tert-OH is 1. The molecule has 0 aliphatic heterocycles. The second kappa shape index (κ2) is 5.65. The molecule has 0 aliphatic rings. The Bertz CT molecular complexity index is 525. The van der Waals surface area contributed by atoms with E-state index in [1.54, 1.807) is 19.5 Å². The molecule has 0 saturated carbocycles. The molecule has 1 aromatic heterocycles. The SMILES string of the molecule is COc1ccccc1CC(O)c1cncc(C)c1. The Kier molecular flexibility index (Phi) is 3.95. The number of methoxy groups -OCH3 is 1. The maximum Gasteiger partial charge on any atom is 0.122 e. The highest BCUT2D eigenvalue weighted by atomic mass is 16.5. The number of nitrogens with zero attached hydrogens (tertiary/aromatic N) is 1. The molecule has 1 N–H and O–H groups in total. The lowest BCUT2D eigenvalue weighted by Gasteiger charge is -2.13. The summed E-state index contributed by atoms with van der Waals surface area (Å²) < 4.78 is 5.28. The second-order valence-corrected chi connectivity index (χ2v) is 4.33. The van der Waals surface area contributed by atoms with Crippen molar-refractivity contribution in [3.05, 3.63) is 59.4 Å². The van der Waals surface area contributed by atoms with Crippen LogP contribution in [0, 0.1) is 6.92 Å². The van der Waals surface area contributed by atoms with E-state index in [0.29, 0.717) is 6.42 Å². The van der Waals surface area contributed by atoms with Crippen molar-refractivity contribution in [3.63, 3.8) is 0 Å². The summed E-state index contributed by atoms with van der Waals surface area (Å²) in [6, 6.07) is 9.68. The monoisotopic (exact) mass is 243 g/mol. The third-order valence-electron chi connectivity index (χ3n) is 2.89. The van der Waals surface area contributed by atoms with Crippen molar-refractivity contribution >= 4 is 0 Å². The summed E-state index contributed by atoms with van der Waals surface area (Å²) in [6.45, 7) is 1.96. The predicted molar refractivity (Wildman–Crippen MR) is 70.6 cm³/mol. The molecule has 0 aliphatic carbocycles. The van der Waals surface area contributed by atoms with Crippen LogP contribution in [0.2, 0.25) is 0 Å². The molecule has 18 heavy (non-hydrogen) atoms. The van der Waals surface area contributed by atoms with Gasteiger partial charge in [-0.15, -0.1) is 0 Å². The number of para-hydroxylation sites is 1. The second-order valence-electron chi connectivity index (χ2n) is 4.33. The molecule has 1 heterocycles. The van der Waals surface area contributed by atoms with Gasteiger partial charge in [0.1, 0.15) is 5.75 Å². The predicted octanol–water partition coefficient (Wildman–Crippen LogP) is 2.67. The zero-order chi connectivity index (χ0) is 13.0. The van der Waals surface area contributed by atoms with Gasteiger partial charge in [0, 0.05) is 18.8 Å². The summed E-state index contributed by atoms with van der Waals surface area (Å²) in [5.41, 5.74) is 2.88. The average molecular weight is 243 g/mol. The van der Waals surface area contributed by atoms with Crippen LogP contribution in [0.5, 0.6) is 5.75 Å². The molecular formula is C15H17NO2. The third kappa shape index (κ3) is 2.87. The molecule has 2 rings (SSSR count). The van der Waals surface area contributed by atoms with Gasteiger partial charge >= 0.3 is 0 Å². The minimum absolute atomic E-state index is 0.523. The highest BCUT2D eigenvalue weighted by molar-refractivity contribution is 5.34. The Morgan fingerprint density at radius 1 is 1.28 bits per heavy atom. The molecule has 1 unspecified atom stereocenters. The quantitative estimate of drug-likeness (QED) is 0.897. The normalized spacial score (nSPS) is 12.2. The third-order valence-corrected chi connectivity index (χ3v) is 2.89. The molecule has 3 heteroatoms. The van der Waals surface area contributed by atoms with Gasteiger partial charge in [-0.25, -0.2) is 0 Å². The fourth-order valence-electron chi connectivity index (χ4n) is 1.96. The first-order valence-electron chi connectivity index (χ1n) is 5.92. The molecule has 0 bridgehead atoms. The van der Waals surface area contributed by atoms with E-state index in [0.717, 1.165) is 22.4 Å². The van der Waals surface area contributed by atoms with Gasteiger partial charge < -0.3 is 9.84 Å². The molecule has 1 aromatic carbocycles. The van der Waals surface area contributed by atoms with E-state index in [1.807, 2.05) is 37.3 Å². The Morgan fingerprint density at radius 2 is 2.06 bits per heavy atom. The number of benzene rings is 1. The van der Waals surface area contributed by atoms with Crippen molar-refractivity contribution in [1.82, 2.24) is 4.98 Å². The summed E-state index contributed by atoms with van der Waals surface area (Å²) in [5, 5.41) is 10.2. The summed E-state index contributed by atoms with van der Waals surface area (Å²) in [7, 11) is 1.64. The van der Waals surface area contributed by atoms with Gasteiger partial charge in [-0.3, -0.25) is 4.98 Å². The van der Waals surface area contributed by atoms with Gasteiger partial charge in [-0.05, 0) is 29.7 Å². The maximum atomic E-state index is 10.2. The average Bonchev–Trinajstić information content (AvgIpc) is 2.39. The number of aliphatic hydroxyl groups is 1. The van der Waals surface area contributed by atoms with Crippen molar-refractivity contribution in [1.29, 1.82) is 0 Å². The highest BCUT2D eigenvalue weighted by Gasteiger charge is 2.12. The number of hydrogen-bond acceptors (Lipinski definition) is 3. The molecule has 94 valence electrons. The number of aromatic nitrogens is 1. The fourth-order valence-corrected chi connectivity index (χ4v) is 1.96. The number of ether oxygens (including phenoxy) is 1.